The van der Waals surface area contributed by atoms with E-state index < -0.39 is 0 Å². The molecule has 3 aliphatic rings. The molecular formula is C106H67N13OS2. The Labute approximate surface area is 710 Å². The highest BCUT2D eigenvalue weighted by molar-refractivity contribution is 8.05. The number of hydrogen-bond acceptors (Lipinski definition) is 16. The lowest BCUT2D eigenvalue weighted by Crippen LogP contribution is -2.04. The Bertz CT molecular complexity index is 7590. The van der Waals surface area contributed by atoms with Crippen LogP contribution in [0.1, 0.15) is 55.4 Å². The van der Waals surface area contributed by atoms with E-state index in [9.17, 15) is 0 Å². The topological polar surface area (TPSA) is 181 Å². The lowest BCUT2D eigenvalue weighted by Gasteiger charge is -2.21. The maximum absolute atomic E-state index is 7.34. The number of benzene rings is 10. The van der Waals surface area contributed by atoms with Gasteiger partial charge in [0.05, 0.1) is 79.6 Å². The van der Waals surface area contributed by atoms with Crippen LogP contribution in [0.15, 0.2) is 368 Å². The first kappa shape index (κ1) is 72.0. The quantitative estimate of drug-likeness (QED) is 0.0944. The Kier molecular flexibility index (Phi) is 17.7. The van der Waals surface area contributed by atoms with Gasteiger partial charge in [0.2, 0.25) is 0 Å². The first-order valence-corrected chi connectivity index (χ1v) is 42.2. The largest absolute Gasteiger partial charge is 0.455 e. The molecule has 0 bridgehead atoms. The van der Waals surface area contributed by atoms with Crippen LogP contribution in [0.25, 0.3) is 191 Å². The van der Waals surface area contributed by atoms with Gasteiger partial charge in [-0.3, -0.25) is 44.9 Å². The van der Waals surface area contributed by atoms with Gasteiger partial charge in [-0.2, -0.15) is 0 Å². The minimum atomic E-state index is -0.152. The summed E-state index contributed by atoms with van der Waals surface area (Å²) in [6.07, 6.45) is 23.7. The summed E-state index contributed by atoms with van der Waals surface area (Å²) in [5, 5.41) is 2.21. The Morgan fingerprint density at radius 3 is 1.36 bits per heavy atom. The van der Waals surface area contributed by atoms with Crippen molar-refractivity contribution in [2.75, 3.05) is 0 Å². The van der Waals surface area contributed by atoms with E-state index in [-0.39, 0.29) is 16.4 Å². The molecule has 0 N–H and O–H groups in total. The van der Waals surface area contributed by atoms with Gasteiger partial charge in [-0.15, -0.1) is 23.5 Å². The van der Waals surface area contributed by atoms with Crippen LogP contribution in [-0.2, 0) is 0 Å². The molecule has 16 heteroatoms. The number of thioether (sulfide) groups is 2. The second-order valence-corrected chi connectivity index (χ2v) is 33.2. The Balaban J connectivity index is 0.583. The van der Waals surface area contributed by atoms with Gasteiger partial charge in [0.1, 0.15) is 16.9 Å². The van der Waals surface area contributed by atoms with E-state index in [2.05, 4.69) is 240 Å². The fourth-order valence-electron chi connectivity index (χ4n) is 18.0. The molecule has 0 amide bonds. The monoisotopic (exact) mass is 1600 g/mol. The van der Waals surface area contributed by atoms with E-state index in [1.807, 2.05) is 127 Å². The molecule has 1 aliphatic carbocycles. The molecule has 20 aromatic rings. The smallest absolute Gasteiger partial charge is 0.163 e. The van der Waals surface area contributed by atoms with Crippen LogP contribution < -0.4 is 0 Å². The average molecular weight is 1600 g/mol. The fraction of sp³-hybridized carbons (Fsp3) is 0.0472. The molecule has 122 heavy (non-hydrogen) atoms. The van der Waals surface area contributed by atoms with Crippen LogP contribution in [0.2, 0.25) is 0 Å². The minimum Gasteiger partial charge on any atom is -0.455 e. The zero-order valence-corrected chi connectivity index (χ0v) is 67.4. The zero-order chi connectivity index (χ0) is 80.9. The summed E-state index contributed by atoms with van der Waals surface area (Å²) in [4.78, 5) is 66.7. The van der Waals surface area contributed by atoms with Crippen LogP contribution in [0.5, 0.6) is 0 Å². The Morgan fingerprint density at radius 2 is 0.738 bits per heavy atom. The minimum absolute atomic E-state index is 0.152. The predicted molar refractivity (Wildman–Crippen MR) is 487 cm³/mol. The molecule has 12 heterocycles. The van der Waals surface area contributed by atoms with Gasteiger partial charge in [-0.1, -0.05) is 158 Å². The molecule has 10 aromatic heterocycles. The van der Waals surface area contributed by atoms with Crippen LogP contribution in [0.4, 0.5) is 0 Å². The summed E-state index contributed by atoms with van der Waals surface area (Å²) in [7, 11) is 0. The molecule has 10 aromatic carbocycles. The van der Waals surface area contributed by atoms with Gasteiger partial charge in [0.25, 0.3) is 0 Å². The Hall–Kier alpha value is -15.2. The summed E-state index contributed by atoms with van der Waals surface area (Å²) >= 11 is 3.95. The van der Waals surface area contributed by atoms with Crippen LogP contribution in [0, 0.1) is 13.8 Å². The molecule has 574 valence electrons. The first-order valence-electron chi connectivity index (χ1n) is 40.5. The molecule has 2 aliphatic heterocycles. The van der Waals surface area contributed by atoms with Crippen molar-refractivity contribution in [3.63, 3.8) is 0 Å². The van der Waals surface area contributed by atoms with E-state index in [0.29, 0.717) is 28.5 Å². The molecule has 3 unspecified atom stereocenters. The van der Waals surface area contributed by atoms with Gasteiger partial charge in [0, 0.05) is 128 Å². The average Bonchev–Trinajstić information content (AvgIpc) is 1.59. The maximum Gasteiger partial charge on any atom is 0.163 e. The molecule has 3 atom stereocenters. The van der Waals surface area contributed by atoms with Crippen molar-refractivity contribution in [3.8, 4) is 169 Å². The molecular weight excluding hydrogens is 1540 g/mol. The van der Waals surface area contributed by atoms with Crippen molar-refractivity contribution in [2.45, 2.75) is 40.1 Å². The molecule has 23 rings (SSSR count). The third-order valence-electron chi connectivity index (χ3n) is 23.9. The van der Waals surface area contributed by atoms with Crippen molar-refractivity contribution < 1.29 is 4.42 Å². The molecule has 0 saturated carbocycles. The number of hydrogen-bond donors (Lipinski definition) is 0. The van der Waals surface area contributed by atoms with Crippen molar-refractivity contribution in [3.05, 3.63) is 392 Å². The predicted octanol–water partition coefficient (Wildman–Crippen LogP) is 25.8. The van der Waals surface area contributed by atoms with E-state index >= 15 is 0 Å². The second-order valence-electron chi connectivity index (χ2n) is 30.8. The first-order chi connectivity index (χ1) is 60.3. The van der Waals surface area contributed by atoms with Gasteiger partial charge < -0.3 is 4.42 Å². The van der Waals surface area contributed by atoms with E-state index in [4.69, 9.17) is 49.3 Å². The third kappa shape index (κ3) is 12.6. The zero-order valence-electron chi connectivity index (χ0n) is 65.8. The molecule has 0 spiro atoms. The Morgan fingerprint density at radius 1 is 0.246 bits per heavy atom. The maximum atomic E-state index is 7.34. The highest BCUT2D eigenvalue weighted by Crippen LogP contribution is 2.67. The highest BCUT2D eigenvalue weighted by Gasteiger charge is 2.42. The summed E-state index contributed by atoms with van der Waals surface area (Å²) in [6.45, 7) is 4.43. The van der Waals surface area contributed by atoms with Crippen LogP contribution >= 0.6 is 23.5 Å². The number of furan rings is 1. The summed E-state index contributed by atoms with van der Waals surface area (Å²) in [5.41, 5.74) is 36.0. The van der Waals surface area contributed by atoms with Crippen LogP contribution in [-0.4, -0.2) is 64.8 Å². The van der Waals surface area contributed by atoms with Crippen molar-refractivity contribution in [2.24, 2.45) is 0 Å². The van der Waals surface area contributed by atoms with E-state index in [1.165, 1.54) is 37.6 Å². The van der Waals surface area contributed by atoms with Crippen molar-refractivity contribution in [1.29, 1.82) is 0 Å². The summed E-state index contributed by atoms with van der Waals surface area (Å²) < 4.78 is 7.34. The summed E-state index contributed by atoms with van der Waals surface area (Å²) in [5.74, 6) is 0.899. The highest BCUT2D eigenvalue weighted by atomic mass is 32.2. The van der Waals surface area contributed by atoms with Crippen molar-refractivity contribution >= 4 is 45.5 Å². The SMILES string of the molecule is Cc1c(-c2cnccn2)cccc1-c1cccc(C2c3cnc(-c4cccc(-c5ccc6c(c5)C5Sc7ccc(-c8cccc(-c9cc(-c%10nccc(-c%11ccccc%11)n%10)c%10oc%11c(-c%12nccc(-c%13ccccc%13)n%12)cc(-c%12cccnc%12-c%12ccccn%12)cc%11c%10c9)c8)cc7C5S6)c4)cc3-c3cc(-c4cccnc4-c4cnccn4)ncc32)c1C. The fourth-order valence-corrected chi connectivity index (χ4v) is 21.2. The molecule has 0 fully saturated rings. The van der Waals surface area contributed by atoms with Gasteiger partial charge in [0.15, 0.2) is 11.6 Å². The summed E-state index contributed by atoms with van der Waals surface area (Å²) in [6, 6.07) is 96.7. The third-order valence-corrected chi connectivity index (χ3v) is 26.9. The van der Waals surface area contributed by atoms with Gasteiger partial charge in [-0.25, -0.2) is 19.9 Å². The van der Waals surface area contributed by atoms with Crippen molar-refractivity contribution in [1.82, 2.24) is 64.8 Å². The van der Waals surface area contributed by atoms with Crippen LogP contribution in [0.3, 0.4) is 0 Å². The molecule has 0 saturated heterocycles. The lowest BCUT2D eigenvalue weighted by atomic mass is 9.83. The number of rotatable bonds is 15. The number of fused-ring (bicyclic) bond motifs is 11. The second kappa shape index (κ2) is 30.0. The molecule has 14 nitrogen and oxygen atoms in total. The lowest BCUT2D eigenvalue weighted by molar-refractivity contribution is 0.670. The number of pyridine rings is 5. The molecule has 0 radical (unpaired) electrons. The standard InChI is InChI=1S/C106H67N13OS2/c1-61-73(25-13-27-75(61)94-59-107-43-45-110-94)74-26-14-28-76(62(74)2)98-87-57-116-92(55-79(87)80-56-93(117-58-88(80)98)78-30-16-40-113-100(78)95-60-108-44-46-111-95)70-24-12-22-66(48-70)69-33-35-97-84(50-69)104-103(122-97)83-49-68(32-34-96(83)121-104)65-21-11-23-67(47-65)71-51-81-82-53-72(77-29-15-39-112-99(77)91-31-9-10-38-109-91)54-86(106-115-42-37-90(119-106)64-19-7-4-8-20-64)102(82)120-101(81)85(52-71)105-114-41-36-89(118-105)63-17-5-3-6-18-63/h3-60,98,103-104H,1-2H3. The van der Waals surface area contributed by atoms with Gasteiger partial charge in [-0.05, 0) is 229 Å². The van der Waals surface area contributed by atoms with Gasteiger partial charge >= 0.3 is 0 Å². The normalized spacial score (nSPS) is 14.2. The number of nitrogens with zero attached hydrogens (tertiary/aromatic N) is 13. The van der Waals surface area contributed by atoms with E-state index in [1.54, 1.807) is 43.4 Å². The number of aromatic nitrogens is 13. The van der Waals surface area contributed by atoms with E-state index in [0.717, 1.165) is 173 Å².